The van der Waals surface area contributed by atoms with E-state index in [2.05, 4.69) is 19.9 Å². The van der Waals surface area contributed by atoms with E-state index in [1.54, 1.807) is 11.8 Å². The number of phenols is 1. The van der Waals surface area contributed by atoms with Gasteiger partial charge in [0.1, 0.15) is 41.4 Å². The molecule has 5 heterocycles. The van der Waals surface area contributed by atoms with Crippen LogP contribution in [0.1, 0.15) is 38.2 Å². The topological polar surface area (TPSA) is 83.8 Å². The molecule has 0 unspecified atom stereocenters. The van der Waals surface area contributed by atoms with Crippen LogP contribution in [0.2, 0.25) is 0 Å². The minimum absolute atomic E-state index is 0.0769. The summed E-state index contributed by atoms with van der Waals surface area (Å²) in [5.41, 5.74) is -1.74. The Morgan fingerprint density at radius 3 is 2.77 bits per heavy atom. The maximum atomic E-state index is 16.8. The smallest absolute Gasteiger partial charge is 0.319 e. The summed E-state index contributed by atoms with van der Waals surface area (Å²) in [6.07, 6.45) is 2.30. The number of aromatic hydroxyl groups is 1. The van der Waals surface area contributed by atoms with E-state index in [0.717, 1.165) is 19.4 Å². The molecule has 1 saturated carbocycles. The Morgan fingerprint density at radius 2 is 1.98 bits per heavy atom. The number of nitrogens with zero attached hydrogens (tertiary/aromatic N) is 5. The number of phenolic OH excluding ortho intramolecular Hbond substituents is 1. The average Bonchev–Trinajstić information content (AvgIpc) is 3.26. The predicted octanol–water partition coefficient (Wildman–Crippen LogP) is 6.21. The van der Waals surface area contributed by atoms with Gasteiger partial charge in [-0.2, -0.15) is 9.97 Å². The molecule has 4 aromatic rings. The first-order valence-corrected chi connectivity index (χ1v) is 16.1. The monoisotopic (exact) mass is 655 g/mol. The van der Waals surface area contributed by atoms with Crippen LogP contribution in [0.5, 0.6) is 11.8 Å². The summed E-state index contributed by atoms with van der Waals surface area (Å²) in [5, 5.41) is 11.7. The van der Waals surface area contributed by atoms with Gasteiger partial charge < -0.3 is 19.5 Å². The van der Waals surface area contributed by atoms with Gasteiger partial charge >= 0.3 is 6.01 Å². The number of aromatic nitrogens is 3. The highest BCUT2D eigenvalue weighted by Gasteiger charge is 2.72. The van der Waals surface area contributed by atoms with Crippen molar-refractivity contribution in [2.45, 2.75) is 56.7 Å². The lowest BCUT2D eigenvalue weighted by Crippen LogP contribution is -2.43. The highest BCUT2D eigenvalue weighted by Crippen LogP contribution is 2.61. The van der Waals surface area contributed by atoms with Gasteiger partial charge in [-0.05, 0) is 60.3 Å². The van der Waals surface area contributed by atoms with Crippen LogP contribution in [0.4, 0.5) is 27.8 Å². The minimum atomic E-state index is -2.91. The molecule has 1 N–H and O–H groups in total. The van der Waals surface area contributed by atoms with Crippen molar-refractivity contribution >= 4 is 27.5 Å². The van der Waals surface area contributed by atoms with Crippen LogP contribution in [0.25, 0.3) is 32.9 Å². The van der Waals surface area contributed by atoms with E-state index >= 15 is 4.39 Å². The van der Waals surface area contributed by atoms with Crippen LogP contribution >= 0.6 is 0 Å². The molecule has 0 radical (unpaired) electrons. The molecule has 2 aromatic heterocycles. The van der Waals surface area contributed by atoms with E-state index in [9.17, 15) is 22.7 Å². The Morgan fingerprint density at radius 1 is 1.15 bits per heavy atom. The molecular weight excluding hydrogens is 621 g/mol. The number of aryl methyl sites for hydroxylation is 1. The molecule has 8 rings (SSSR count). The van der Waals surface area contributed by atoms with E-state index in [0.29, 0.717) is 35.7 Å². The fourth-order valence-electron chi connectivity index (χ4n) is 8.02. The van der Waals surface area contributed by atoms with Gasteiger partial charge in [0.15, 0.2) is 5.82 Å². The fourth-order valence-corrected chi connectivity index (χ4v) is 8.02. The number of ether oxygens (including phenoxy) is 2. The summed E-state index contributed by atoms with van der Waals surface area (Å²) < 4.78 is 87.3. The second kappa shape index (κ2) is 10.8. The van der Waals surface area contributed by atoms with Gasteiger partial charge in [0.25, 0.3) is 5.92 Å². The molecule has 0 bridgehead atoms. The number of alkyl halides is 3. The number of rotatable bonds is 6. The summed E-state index contributed by atoms with van der Waals surface area (Å²) in [4.78, 5) is 17.3. The standard InChI is InChI=1S/C34H34F5N5O3/c1-2-22-25(36)5-4-19-10-21(45)11-23(26(19)22)28-27(37)29-24(13-40-28)30(43-8-9-46-17-32(16-43)15-34(32,38)39)42-31(41-29)47-18-33-6-3-7-44(33)14-20(35)12-33/h4-5,10-11,13,20,45H,2-3,6-9,12,14-18H2,1H3/t20-,32+,33+/m1/s1. The number of fused-ring (bicyclic) bond motifs is 3. The van der Waals surface area contributed by atoms with Crippen LogP contribution in [0, 0.1) is 17.0 Å². The molecule has 1 spiro atoms. The van der Waals surface area contributed by atoms with Gasteiger partial charge in [-0.15, -0.1) is 0 Å². The second-order valence-corrected chi connectivity index (χ2v) is 13.5. The molecule has 248 valence electrons. The zero-order valence-electron chi connectivity index (χ0n) is 25.8. The van der Waals surface area contributed by atoms with Gasteiger partial charge in [0.05, 0.1) is 29.6 Å². The van der Waals surface area contributed by atoms with Crippen molar-refractivity contribution in [3.63, 3.8) is 0 Å². The van der Waals surface area contributed by atoms with Gasteiger partial charge in [-0.3, -0.25) is 9.88 Å². The lowest BCUT2D eigenvalue weighted by Gasteiger charge is -2.31. The number of hydrogen-bond donors (Lipinski definition) is 1. The van der Waals surface area contributed by atoms with Crippen molar-refractivity contribution in [3.05, 3.63) is 47.7 Å². The zero-order valence-corrected chi connectivity index (χ0v) is 25.8. The molecule has 2 aromatic carbocycles. The fraction of sp³-hybridized carbons (Fsp3) is 0.500. The first-order chi connectivity index (χ1) is 22.5. The zero-order chi connectivity index (χ0) is 32.7. The third-order valence-corrected chi connectivity index (χ3v) is 10.5. The number of pyridine rings is 1. The molecule has 4 fully saturated rings. The van der Waals surface area contributed by atoms with E-state index < -0.39 is 34.7 Å². The SMILES string of the molecule is CCc1c(F)ccc2cc(O)cc(-c3ncc4c(N5CCOC[C@@]6(C5)CC6(F)F)nc(OC[C@@]56CCCN5C[C@H](F)C6)nc4c3F)c12. The highest BCUT2D eigenvalue weighted by atomic mass is 19.3. The van der Waals surface area contributed by atoms with Crippen LogP contribution in [0.15, 0.2) is 30.5 Å². The average molecular weight is 656 g/mol. The van der Waals surface area contributed by atoms with Crippen molar-refractivity contribution in [2.24, 2.45) is 5.41 Å². The summed E-state index contributed by atoms with van der Waals surface area (Å²) in [6, 6.07) is 5.46. The molecule has 8 nitrogen and oxygen atoms in total. The van der Waals surface area contributed by atoms with E-state index in [1.807, 2.05) is 0 Å². The number of anilines is 1. The lowest BCUT2D eigenvalue weighted by molar-refractivity contribution is 0.0237. The van der Waals surface area contributed by atoms with E-state index in [4.69, 9.17) is 9.47 Å². The van der Waals surface area contributed by atoms with Crippen LogP contribution in [0.3, 0.4) is 0 Å². The predicted molar refractivity (Wildman–Crippen MR) is 165 cm³/mol. The van der Waals surface area contributed by atoms with Gasteiger partial charge in [0, 0.05) is 44.2 Å². The van der Waals surface area contributed by atoms with Crippen LogP contribution < -0.4 is 9.64 Å². The second-order valence-electron chi connectivity index (χ2n) is 13.5. The van der Waals surface area contributed by atoms with Crippen LogP contribution in [-0.4, -0.2) is 88.6 Å². The Kier molecular flexibility index (Phi) is 7.03. The Hall–Kier alpha value is -3.84. The molecule has 1 aliphatic carbocycles. The quantitative estimate of drug-likeness (QED) is 0.246. The summed E-state index contributed by atoms with van der Waals surface area (Å²) >= 11 is 0. The third kappa shape index (κ3) is 4.87. The first kappa shape index (κ1) is 30.5. The number of halogens is 5. The van der Waals surface area contributed by atoms with Crippen molar-refractivity contribution in [2.75, 3.05) is 50.9 Å². The van der Waals surface area contributed by atoms with E-state index in [-0.39, 0.29) is 79.1 Å². The Labute approximate surface area is 267 Å². The summed E-state index contributed by atoms with van der Waals surface area (Å²) in [5.74, 6) is -4.22. The molecule has 3 aliphatic heterocycles. The van der Waals surface area contributed by atoms with Crippen molar-refractivity contribution in [1.29, 1.82) is 0 Å². The molecular formula is C34H34F5N5O3. The molecule has 3 saturated heterocycles. The van der Waals surface area contributed by atoms with Crippen LogP contribution in [-0.2, 0) is 11.2 Å². The number of hydrogen-bond acceptors (Lipinski definition) is 8. The van der Waals surface area contributed by atoms with Gasteiger partial charge in [-0.1, -0.05) is 13.0 Å². The van der Waals surface area contributed by atoms with Gasteiger partial charge in [0.2, 0.25) is 0 Å². The first-order valence-electron chi connectivity index (χ1n) is 16.1. The third-order valence-electron chi connectivity index (χ3n) is 10.5. The number of benzene rings is 2. The Balaban J connectivity index is 1.28. The molecule has 13 heteroatoms. The molecule has 0 amide bonds. The van der Waals surface area contributed by atoms with Crippen molar-refractivity contribution in [3.8, 4) is 23.0 Å². The normalized spacial score (nSPS) is 27.1. The highest BCUT2D eigenvalue weighted by molar-refractivity contribution is 6.01. The van der Waals surface area contributed by atoms with E-state index in [1.165, 1.54) is 30.5 Å². The lowest BCUT2D eigenvalue weighted by atomic mass is 9.94. The maximum Gasteiger partial charge on any atom is 0.319 e. The Bertz CT molecular complexity index is 1910. The largest absolute Gasteiger partial charge is 0.508 e. The molecule has 4 aliphatic rings. The van der Waals surface area contributed by atoms with Crippen molar-refractivity contribution < 1.29 is 36.5 Å². The van der Waals surface area contributed by atoms with Crippen molar-refractivity contribution in [1.82, 2.24) is 19.9 Å². The summed E-state index contributed by atoms with van der Waals surface area (Å²) in [6.45, 7) is 3.12. The molecule has 3 atom stereocenters. The van der Waals surface area contributed by atoms with Gasteiger partial charge in [-0.25, -0.2) is 22.0 Å². The maximum absolute atomic E-state index is 16.8. The minimum Gasteiger partial charge on any atom is -0.508 e. The summed E-state index contributed by atoms with van der Waals surface area (Å²) in [7, 11) is 0. The molecule has 47 heavy (non-hydrogen) atoms.